The molecule has 1 atom stereocenters. The van der Waals surface area contributed by atoms with Crippen LogP contribution in [0.1, 0.15) is 49.5 Å². The summed E-state index contributed by atoms with van der Waals surface area (Å²) in [6.07, 6.45) is 1.61. The predicted molar refractivity (Wildman–Crippen MR) is 87.8 cm³/mol. The molecule has 0 bridgehead atoms. The molecule has 22 heavy (non-hydrogen) atoms. The van der Waals surface area contributed by atoms with E-state index in [2.05, 4.69) is 17.9 Å². The van der Waals surface area contributed by atoms with Gasteiger partial charge >= 0.3 is 0 Å². The van der Waals surface area contributed by atoms with Gasteiger partial charge in [-0.05, 0) is 24.1 Å². The summed E-state index contributed by atoms with van der Waals surface area (Å²) in [5.74, 6) is -0.626. The lowest BCUT2D eigenvalue weighted by atomic mass is 10.1. The summed E-state index contributed by atoms with van der Waals surface area (Å²) in [5.41, 5.74) is 1.42. The molecule has 0 fully saturated rings. The summed E-state index contributed by atoms with van der Waals surface area (Å²) in [6.45, 7) is 6.28. The van der Waals surface area contributed by atoms with Crippen molar-refractivity contribution in [2.24, 2.45) is 0 Å². The first kappa shape index (κ1) is 18.2. The van der Waals surface area contributed by atoms with E-state index in [1.807, 2.05) is 26.8 Å². The quantitative estimate of drug-likeness (QED) is 0.646. The minimum absolute atomic E-state index is 0.185. The van der Waals surface area contributed by atoms with E-state index in [1.54, 1.807) is 12.1 Å². The Hall–Kier alpha value is -1.82. The van der Waals surface area contributed by atoms with Gasteiger partial charge in [-0.15, -0.1) is 12.6 Å². The Morgan fingerprint density at radius 3 is 2.68 bits per heavy atom. The SMILES string of the molecule is CC.CCCC(C(=O)NC=O)N1Cc2c(S)cccc2C1=O. The van der Waals surface area contributed by atoms with Crippen molar-refractivity contribution in [1.29, 1.82) is 0 Å². The fraction of sp³-hybridized carbons (Fsp3) is 0.438. The fourth-order valence-electron chi connectivity index (χ4n) is 2.45. The summed E-state index contributed by atoms with van der Waals surface area (Å²) in [5, 5.41) is 2.14. The topological polar surface area (TPSA) is 66.5 Å². The number of nitrogens with zero attached hydrogens (tertiary/aromatic N) is 1. The standard InChI is InChI=1S/C14H16N2O3S.C2H6/c1-2-4-11(13(18)15-8-17)16-7-10-9(14(16)19)5-3-6-12(10)20;1-2/h3,5-6,8,11,20H,2,4,7H2,1H3,(H,15,17,18);1-2H3. The van der Waals surface area contributed by atoms with E-state index in [1.165, 1.54) is 4.90 Å². The van der Waals surface area contributed by atoms with Crippen LogP contribution in [0.25, 0.3) is 0 Å². The fourth-order valence-corrected chi connectivity index (χ4v) is 2.72. The highest BCUT2D eigenvalue weighted by molar-refractivity contribution is 7.80. The van der Waals surface area contributed by atoms with Crippen molar-refractivity contribution in [2.75, 3.05) is 0 Å². The van der Waals surface area contributed by atoms with Gasteiger partial charge in [-0.1, -0.05) is 33.3 Å². The number of fused-ring (bicyclic) bond motifs is 1. The average Bonchev–Trinajstić information content (AvgIpc) is 2.86. The van der Waals surface area contributed by atoms with Gasteiger partial charge in [0.2, 0.25) is 12.3 Å². The Morgan fingerprint density at radius 2 is 2.14 bits per heavy atom. The number of thiol groups is 1. The van der Waals surface area contributed by atoms with Crippen LogP contribution in [-0.2, 0) is 16.1 Å². The second-order valence-electron chi connectivity index (χ2n) is 4.67. The number of hydrogen-bond donors (Lipinski definition) is 2. The van der Waals surface area contributed by atoms with E-state index >= 15 is 0 Å². The number of hydrogen-bond acceptors (Lipinski definition) is 4. The molecule has 0 saturated carbocycles. The van der Waals surface area contributed by atoms with Crippen LogP contribution in [0.5, 0.6) is 0 Å². The number of carbonyl (C=O) groups excluding carboxylic acids is 3. The molecule has 0 radical (unpaired) electrons. The molecule has 1 heterocycles. The van der Waals surface area contributed by atoms with Crippen LogP contribution in [0.3, 0.4) is 0 Å². The van der Waals surface area contributed by atoms with Crippen molar-refractivity contribution in [3.63, 3.8) is 0 Å². The summed E-state index contributed by atoms with van der Waals surface area (Å²) in [6, 6.07) is 4.69. The molecule has 5 nitrogen and oxygen atoms in total. The smallest absolute Gasteiger partial charge is 0.255 e. The van der Waals surface area contributed by atoms with Crippen molar-refractivity contribution in [2.45, 2.75) is 51.1 Å². The van der Waals surface area contributed by atoms with E-state index in [0.29, 0.717) is 24.9 Å². The van der Waals surface area contributed by atoms with Crippen molar-refractivity contribution < 1.29 is 14.4 Å². The van der Waals surface area contributed by atoms with Gasteiger partial charge in [0.1, 0.15) is 6.04 Å². The number of benzene rings is 1. The van der Waals surface area contributed by atoms with Gasteiger partial charge in [0.05, 0.1) is 0 Å². The molecule has 1 N–H and O–H groups in total. The predicted octanol–water partition coefficient (Wildman–Crippen LogP) is 2.40. The molecule has 1 aromatic rings. The third-order valence-corrected chi connectivity index (χ3v) is 3.83. The second kappa shape index (κ2) is 8.58. The van der Waals surface area contributed by atoms with Gasteiger partial charge in [0.25, 0.3) is 5.91 Å². The Balaban J connectivity index is 0.00000116. The minimum atomic E-state index is -0.627. The zero-order valence-corrected chi connectivity index (χ0v) is 14.0. The minimum Gasteiger partial charge on any atom is -0.322 e. The van der Waals surface area contributed by atoms with E-state index in [4.69, 9.17) is 0 Å². The van der Waals surface area contributed by atoms with Gasteiger partial charge in [0.15, 0.2) is 0 Å². The van der Waals surface area contributed by atoms with Crippen LogP contribution in [0, 0.1) is 0 Å². The zero-order chi connectivity index (χ0) is 16.7. The molecule has 1 unspecified atom stereocenters. The largest absolute Gasteiger partial charge is 0.322 e. The number of rotatable bonds is 5. The van der Waals surface area contributed by atoms with Crippen LogP contribution in [0.2, 0.25) is 0 Å². The van der Waals surface area contributed by atoms with Crippen LogP contribution >= 0.6 is 12.6 Å². The van der Waals surface area contributed by atoms with Crippen LogP contribution in [-0.4, -0.2) is 29.2 Å². The zero-order valence-electron chi connectivity index (χ0n) is 13.1. The Bertz CT molecular complexity index is 560. The number of carbonyl (C=O) groups is 3. The van der Waals surface area contributed by atoms with Crippen molar-refractivity contribution in [1.82, 2.24) is 10.2 Å². The Labute approximate surface area is 136 Å². The molecule has 1 aromatic carbocycles. The van der Waals surface area contributed by atoms with Gasteiger partial charge in [-0.2, -0.15) is 0 Å². The highest BCUT2D eigenvalue weighted by Gasteiger charge is 2.36. The molecule has 0 saturated heterocycles. The van der Waals surface area contributed by atoms with Gasteiger partial charge < -0.3 is 4.90 Å². The molecular weight excluding hydrogens is 300 g/mol. The van der Waals surface area contributed by atoms with Gasteiger partial charge in [-0.3, -0.25) is 19.7 Å². The highest BCUT2D eigenvalue weighted by Crippen LogP contribution is 2.30. The number of imide groups is 1. The lowest BCUT2D eigenvalue weighted by molar-refractivity contribution is -0.129. The lowest BCUT2D eigenvalue weighted by Gasteiger charge is -2.25. The second-order valence-corrected chi connectivity index (χ2v) is 5.15. The monoisotopic (exact) mass is 322 g/mol. The van der Waals surface area contributed by atoms with Crippen molar-refractivity contribution in [3.8, 4) is 0 Å². The summed E-state index contributed by atoms with van der Waals surface area (Å²) >= 11 is 4.35. The third kappa shape index (κ3) is 3.68. The van der Waals surface area contributed by atoms with E-state index in [0.717, 1.165) is 16.9 Å². The molecule has 3 amide bonds. The summed E-state index contributed by atoms with van der Waals surface area (Å²) < 4.78 is 0. The van der Waals surface area contributed by atoms with E-state index in [9.17, 15) is 14.4 Å². The molecule has 120 valence electrons. The number of amides is 3. The van der Waals surface area contributed by atoms with Crippen LogP contribution in [0.15, 0.2) is 23.1 Å². The van der Waals surface area contributed by atoms with E-state index < -0.39 is 11.9 Å². The van der Waals surface area contributed by atoms with Crippen molar-refractivity contribution in [3.05, 3.63) is 29.3 Å². The maximum atomic E-state index is 12.4. The Morgan fingerprint density at radius 1 is 1.45 bits per heavy atom. The van der Waals surface area contributed by atoms with Gasteiger partial charge in [0, 0.05) is 17.0 Å². The first-order chi connectivity index (χ1) is 10.6. The summed E-state index contributed by atoms with van der Waals surface area (Å²) in [4.78, 5) is 37.0. The molecule has 1 aliphatic rings. The van der Waals surface area contributed by atoms with Crippen LogP contribution < -0.4 is 5.32 Å². The maximum Gasteiger partial charge on any atom is 0.255 e. The van der Waals surface area contributed by atoms with Crippen LogP contribution in [0.4, 0.5) is 0 Å². The highest BCUT2D eigenvalue weighted by atomic mass is 32.1. The molecule has 0 spiro atoms. The molecular formula is C16H22N2O3S. The lowest BCUT2D eigenvalue weighted by Crippen LogP contribution is -2.46. The molecule has 6 heteroatoms. The molecule has 0 aromatic heterocycles. The van der Waals surface area contributed by atoms with E-state index in [-0.39, 0.29) is 5.91 Å². The summed E-state index contributed by atoms with van der Waals surface area (Å²) in [7, 11) is 0. The molecule has 1 aliphatic heterocycles. The third-order valence-electron chi connectivity index (χ3n) is 3.41. The first-order valence-electron chi connectivity index (χ1n) is 7.46. The van der Waals surface area contributed by atoms with Crippen molar-refractivity contribution >= 4 is 30.9 Å². The van der Waals surface area contributed by atoms with Gasteiger partial charge in [-0.25, -0.2) is 0 Å². The molecule has 2 rings (SSSR count). The number of nitrogens with one attached hydrogen (secondary N) is 1. The maximum absolute atomic E-state index is 12.4. The normalized spacial score (nSPS) is 13.8. The first-order valence-corrected chi connectivity index (χ1v) is 7.90. The average molecular weight is 322 g/mol. The molecule has 0 aliphatic carbocycles. The Kier molecular flexibility index (Phi) is 7.11.